The Morgan fingerprint density at radius 3 is 2.80 bits per heavy atom. The van der Waals surface area contributed by atoms with Crippen LogP contribution in [0.1, 0.15) is 36.5 Å². The molecule has 108 valence electrons. The largest absolute Gasteiger partial charge is 0.390 e. The average Bonchev–Trinajstić information content (AvgIpc) is 2.59. The summed E-state index contributed by atoms with van der Waals surface area (Å²) in [5, 5.41) is 20.9. The van der Waals surface area contributed by atoms with Crippen molar-refractivity contribution in [3.8, 4) is 0 Å². The van der Waals surface area contributed by atoms with E-state index in [-0.39, 0.29) is 11.3 Å². The lowest BCUT2D eigenvalue weighted by molar-refractivity contribution is -0.385. The van der Waals surface area contributed by atoms with E-state index < -0.39 is 10.5 Å². The number of carbonyl (C=O) groups excluding carboxylic acids is 1. The van der Waals surface area contributed by atoms with Crippen molar-refractivity contribution in [1.29, 1.82) is 0 Å². The van der Waals surface area contributed by atoms with Crippen LogP contribution < -0.4 is 4.90 Å². The fraction of sp³-hybridized carbons (Fsp3) is 0.500. The highest BCUT2D eigenvalue weighted by Gasteiger charge is 2.25. The second kappa shape index (κ2) is 5.58. The van der Waals surface area contributed by atoms with Gasteiger partial charge in [0.25, 0.3) is 5.69 Å². The highest BCUT2D eigenvalue weighted by atomic mass is 16.6. The van der Waals surface area contributed by atoms with Crippen LogP contribution in [0.2, 0.25) is 0 Å². The zero-order valence-corrected chi connectivity index (χ0v) is 11.4. The molecule has 0 saturated carbocycles. The highest BCUT2D eigenvalue weighted by molar-refractivity contribution is 5.83. The molecular weight excluding hydrogens is 260 g/mol. The minimum Gasteiger partial charge on any atom is -0.390 e. The van der Waals surface area contributed by atoms with Crippen LogP contribution in [-0.2, 0) is 0 Å². The second-order valence-electron chi connectivity index (χ2n) is 5.46. The molecule has 1 atom stereocenters. The van der Waals surface area contributed by atoms with Gasteiger partial charge in [0.05, 0.1) is 16.1 Å². The smallest absolute Gasteiger partial charge is 0.280 e. The zero-order valence-electron chi connectivity index (χ0n) is 11.4. The third kappa shape index (κ3) is 3.14. The minimum absolute atomic E-state index is 0.0866. The molecule has 1 unspecified atom stereocenters. The second-order valence-corrected chi connectivity index (χ2v) is 5.46. The van der Waals surface area contributed by atoms with Crippen molar-refractivity contribution < 1.29 is 14.8 Å². The first-order valence-corrected chi connectivity index (χ1v) is 6.64. The van der Waals surface area contributed by atoms with Crippen LogP contribution in [0.5, 0.6) is 0 Å². The van der Waals surface area contributed by atoms with Gasteiger partial charge >= 0.3 is 0 Å². The number of benzene rings is 1. The highest BCUT2D eigenvalue weighted by Crippen LogP contribution is 2.28. The number of hydrogen-bond acceptors (Lipinski definition) is 5. The summed E-state index contributed by atoms with van der Waals surface area (Å²) in [6.07, 6.45) is 2.73. The lowest BCUT2D eigenvalue weighted by Crippen LogP contribution is -2.28. The van der Waals surface area contributed by atoms with Gasteiger partial charge in [0.15, 0.2) is 6.29 Å². The van der Waals surface area contributed by atoms with E-state index in [4.69, 9.17) is 0 Å². The molecule has 1 fully saturated rings. The molecule has 2 rings (SSSR count). The van der Waals surface area contributed by atoms with Crippen molar-refractivity contribution in [2.45, 2.75) is 31.8 Å². The number of nitro benzene ring substituents is 1. The van der Waals surface area contributed by atoms with Gasteiger partial charge in [-0.3, -0.25) is 14.9 Å². The van der Waals surface area contributed by atoms with Crippen LogP contribution in [-0.4, -0.2) is 35.0 Å². The average molecular weight is 278 g/mol. The van der Waals surface area contributed by atoms with E-state index in [0.29, 0.717) is 19.3 Å². The van der Waals surface area contributed by atoms with E-state index in [1.54, 1.807) is 12.1 Å². The maximum absolute atomic E-state index is 11.0. The number of aldehydes is 1. The van der Waals surface area contributed by atoms with E-state index in [2.05, 4.69) is 4.90 Å². The van der Waals surface area contributed by atoms with Gasteiger partial charge in [0.1, 0.15) is 0 Å². The number of aliphatic hydroxyl groups is 1. The van der Waals surface area contributed by atoms with E-state index in [0.717, 1.165) is 25.1 Å². The SMILES string of the molecule is CC1(O)CCCN(c2ccc([N+](=O)[O-])c(C=O)c2)CC1. The number of carbonyl (C=O) groups is 1. The van der Waals surface area contributed by atoms with Crippen LogP contribution in [0.15, 0.2) is 18.2 Å². The first kappa shape index (κ1) is 14.5. The van der Waals surface area contributed by atoms with Crippen LogP contribution in [0, 0.1) is 10.1 Å². The summed E-state index contributed by atoms with van der Waals surface area (Å²) >= 11 is 0. The van der Waals surface area contributed by atoms with Gasteiger partial charge in [0, 0.05) is 24.8 Å². The Balaban J connectivity index is 2.25. The topological polar surface area (TPSA) is 83.7 Å². The molecular formula is C14H18N2O4. The van der Waals surface area contributed by atoms with Crippen LogP contribution in [0.4, 0.5) is 11.4 Å². The van der Waals surface area contributed by atoms with Crippen molar-refractivity contribution >= 4 is 17.7 Å². The van der Waals surface area contributed by atoms with Gasteiger partial charge in [-0.05, 0) is 38.3 Å². The molecule has 1 N–H and O–H groups in total. The zero-order chi connectivity index (χ0) is 14.8. The Morgan fingerprint density at radius 1 is 1.40 bits per heavy atom. The quantitative estimate of drug-likeness (QED) is 0.520. The maximum Gasteiger partial charge on any atom is 0.280 e. The van der Waals surface area contributed by atoms with E-state index >= 15 is 0 Å². The van der Waals surface area contributed by atoms with Crippen molar-refractivity contribution in [3.63, 3.8) is 0 Å². The Bertz CT molecular complexity index is 528. The summed E-state index contributed by atoms with van der Waals surface area (Å²) < 4.78 is 0. The first-order valence-electron chi connectivity index (χ1n) is 6.64. The van der Waals surface area contributed by atoms with Crippen molar-refractivity contribution in [3.05, 3.63) is 33.9 Å². The molecule has 20 heavy (non-hydrogen) atoms. The molecule has 6 nitrogen and oxygen atoms in total. The molecule has 0 spiro atoms. The van der Waals surface area contributed by atoms with Crippen molar-refractivity contribution in [2.75, 3.05) is 18.0 Å². The Morgan fingerprint density at radius 2 is 2.15 bits per heavy atom. The monoisotopic (exact) mass is 278 g/mol. The van der Waals surface area contributed by atoms with Gasteiger partial charge in [-0.25, -0.2) is 0 Å². The summed E-state index contributed by atoms with van der Waals surface area (Å²) in [6, 6.07) is 4.57. The summed E-state index contributed by atoms with van der Waals surface area (Å²) in [6.45, 7) is 3.26. The molecule has 1 aromatic rings. The third-order valence-electron chi connectivity index (χ3n) is 3.76. The molecule has 0 aliphatic carbocycles. The fourth-order valence-electron chi connectivity index (χ4n) is 2.52. The molecule has 0 amide bonds. The molecule has 1 aliphatic rings. The maximum atomic E-state index is 11.0. The van der Waals surface area contributed by atoms with Gasteiger partial charge < -0.3 is 10.0 Å². The number of anilines is 1. The number of hydrogen-bond donors (Lipinski definition) is 1. The third-order valence-corrected chi connectivity index (χ3v) is 3.76. The number of nitrogens with zero attached hydrogens (tertiary/aromatic N) is 2. The molecule has 1 aliphatic heterocycles. The number of nitro groups is 1. The Kier molecular flexibility index (Phi) is 4.04. The lowest BCUT2D eigenvalue weighted by atomic mass is 9.98. The predicted octanol–water partition coefficient (Wildman–Crippen LogP) is 2.15. The lowest BCUT2D eigenvalue weighted by Gasteiger charge is -2.24. The summed E-state index contributed by atoms with van der Waals surface area (Å²) in [5.41, 5.74) is 0.0349. The number of rotatable bonds is 3. The van der Waals surface area contributed by atoms with Gasteiger partial charge in [-0.15, -0.1) is 0 Å². The van der Waals surface area contributed by atoms with Gasteiger partial charge in [0.2, 0.25) is 0 Å². The molecule has 1 saturated heterocycles. The normalized spacial score (nSPS) is 23.2. The molecule has 1 heterocycles. The van der Waals surface area contributed by atoms with Gasteiger partial charge in [-0.1, -0.05) is 0 Å². The Labute approximate surface area is 117 Å². The van der Waals surface area contributed by atoms with E-state index in [1.165, 1.54) is 6.07 Å². The van der Waals surface area contributed by atoms with Crippen molar-refractivity contribution in [2.24, 2.45) is 0 Å². The predicted molar refractivity (Wildman–Crippen MR) is 75.2 cm³/mol. The summed E-state index contributed by atoms with van der Waals surface area (Å²) in [5.74, 6) is 0. The fourth-order valence-corrected chi connectivity index (χ4v) is 2.52. The van der Waals surface area contributed by atoms with Crippen molar-refractivity contribution in [1.82, 2.24) is 0 Å². The standard InChI is InChI=1S/C14H18N2O4/c1-14(18)5-2-7-15(8-6-14)12-3-4-13(16(19)20)11(9-12)10-17/h3-4,9-10,18H,2,5-8H2,1H3. The molecule has 0 bridgehead atoms. The van der Waals surface area contributed by atoms with E-state index in [9.17, 15) is 20.0 Å². The molecule has 1 aromatic carbocycles. The molecule has 6 heteroatoms. The van der Waals surface area contributed by atoms with E-state index in [1.807, 2.05) is 6.92 Å². The van der Waals surface area contributed by atoms with Crippen LogP contribution in [0.3, 0.4) is 0 Å². The molecule has 0 aromatic heterocycles. The first-order chi connectivity index (χ1) is 9.43. The van der Waals surface area contributed by atoms with Crippen LogP contribution in [0.25, 0.3) is 0 Å². The van der Waals surface area contributed by atoms with Crippen LogP contribution >= 0.6 is 0 Å². The minimum atomic E-state index is -0.664. The molecule has 0 radical (unpaired) electrons. The summed E-state index contributed by atoms with van der Waals surface area (Å²) in [7, 11) is 0. The Hall–Kier alpha value is -1.95. The summed E-state index contributed by atoms with van der Waals surface area (Å²) in [4.78, 5) is 23.3. The van der Waals surface area contributed by atoms with Gasteiger partial charge in [-0.2, -0.15) is 0 Å².